The van der Waals surface area contributed by atoms with E-state index in [2.05, 4.69) is 31.4 Å². The fraction of sp³-hybridized carbons (Fsp3) is 1.00. The van der Waals surface area contributed by atoms with Gasteiger partial charge in [0.25, 0.3) is 0 Å². The molecule has 16 heavy (non-hydrogen) atoms. The van der Waals surface area contributed by atoms with E-state index in [9.17, 15) is 0 Å². The van der Waals surface area contributed by atoms with Crippen LogP contribution in [0.4, 0.5) is 0 Å². The average Bonchev–Trinajstić information content (AvgIpc) is 2.23. The SMILES string of the molecule is CNC1CCC(C(C2CCC2)N(C)C)CC1. The van der Waals surface area contributed by atoms with Gasteiger partial charge in [0, 0.05) is 12.1 Å². The summed E-state index contributed by atoms with van der Waals surface area (Å²) in [5.41, 5.74) is 0. The Bertz CT molecular complexity index is 203. The van der Waals surface area contributed by atoms with Gasteiger partial charge < -0.3 is 10.2 Å². The molecule has 0 aromatic rings. The maximum absolute atomic E-state index is 3.44. The molecule has 0 aliphatic heterocycles. The molecule has 1 atom stereocenters. The first-order chi connectivity index (χ1) is 7.72. The van der Waals surface area contributed by atoms with Gasteiger partial charge in [0.05, 0.1) is 0 Å². The van der Waals surface area contributed by atoms with Gasteiger partial charge in [-0.05, 0) is 71.5 Å². The van der Waals surface area contributed by atoms with Crippen molar-refractivity contribution in [1.29, 1.82) is 0 Å². The largest absolute Gasteiger partial charge is 0.317 e. The molecular formula is C14H28N2. The monoisotopic (exact) mass is 224 g/mol. The first kappa shape index (κ1) is 12.4. The van der Waals surface area contributed by atoms with Crippen LogP contribution in [0.1, 0.15) is 44.9 Å². The van der Waals surface area contributed by atoms with Crippen molar-refractivity contribution in [3.63, 3.8) is 0 Å². The summed E-state index contributed by atoms with van der Waals surface area (Å²) in [7, 11) is 6.68. The molecule has 2 nitrogen and oxygen atoms in total. The lowest BCUT2D eigenvalue weighted by atomic mass is 9.70. The summed E-state index contributed by atoms with van der Waals surface area (Å²) in [5, 5.41) is 3.44. The summed E-state index contributed by atoms with van der Waals surface area (Å²) in [5.74, 6) is 1.97. The third kappa shape index (κ3) is 2.60. The molecule has 2 fully saturated rings. The zero-order chi connectivity index (χ0) is 11.5. The van der Waals surface area contributed by atoms with E-state index in [1.165, 1.54) is 44.9 Å². The third-order valence-electron chi connectivity index (χ3n) is 4.89. The Labute approximate surface area is 101 Å². The van der Waals surface area contributed by atoms with E-state index in [1.807, 2.05) is 0 Å². The summed E-state index contributed by atoms with van der Waals surface area (Å²) < 4.78 is 0. The lowest BCUT2D eigenvalue weighted by Crippen LogP contribution is -2.46. The van der Waals surface area contributed by atoms with Crippen LogP contribution in [0, 0.1) is 11.8 Å². The van der Waals surface area contributed by atoms with Gasteiger partial charge in [0.15, 0.2) is 0 Å². The van der Waals surface area contributed by atoms with Crippen molar-refractivity contribution in [3.8, 4) is 0 Å². The topological polar surface area (TPSA) is 15.3 Å². The van der Waals surface area contributed by atoms with Crippen LogP contribution in [0.15, 0.2) is 0 Å². The molecule has 2 saturated carbocycles. The molecule has 2 rings (SSSR count). The van der Waals surface area contributed by atoms with Gasteiger partial charge >= 0.3 is 0 Å². The van der Waals surface area contributed by atoms with Crippen LogP contribution in [0.3, 0.4) is 0 Å². The van der Waals surface area contributed by atoms with Crippen LogP contribution >= 0.6 is 0 Å². The Balaban J connectivity index is 1.88. The van der Waals surface area contributed by atoms with E-state index in [0.29, 0.717) is 0 Å². The highest BCUT2D eigenvalue weighted by Crippen LogP contribution is 2.39. The minimum atomic E-state index is 0.792. The van der Waals surface area contributed by atoms with Gasteiger partial charge in [-0.25, -0.2) is 0 Å². The van der Waals surface area contributed by atoms with Gasteiger partial charge in [0.1, 0.15) is 0 Å². The van der Waals surface area contributed by atoms with Crippen molar-refractivity contribution >= 4 is 0 Å². The molecule has 0 heterocycles. The molecule has 0 spiro atoms. The zero-order valence-electron chi connectivity index (χ0n) is 11.2. The lowest BCUT2D eigenvalue weighted by molar-refractivity contribution is 0.0665. The summed E-state index contributed by atoms with van der Waals surface area (Å²) in [6, 6.07) is 1.66. The Hall–Kier alpha value is -0.0800. The second-order valence-corrected chi connectivity index (χ2v) is 6.05. The highest BCUT2D eigenvalue weighted by molar-refractivity contribution is 4.90. The van der Waals surface area contributed by atoms with Gasteiger partial charge in [-0.3, -0.25) is 0 Å². The molecule has 2 aliphatic rings. The lowest BCUT2D eigenvalue weighted by Gasteiger charge is -2.45. The van der Waals surface area contributed by atoms with E-state index in [-0.39, 0.29) is 0 Å². The number of nitrogens with zero attached hydrogens (tertiary/aromatic N) is 1. The molecule has 0 saturated heterocycles. The molecule has 0 aromatic heterocycles. The molecule has 0 bridgehead atoms. The fourth-order valence-corrected chi connectivity index (χ4v) is 3.76. The number of nitrogens with one attached hydrogen (secondary N) is 1. The molecule has 1 unspecified atom stereocenters. The molecule has 0 aromatic carbocycles. The summed E-state index contributed by atoms with van der Waals surface area (Å²) in [6.07, 6.45) is 10.1. The third-order valence-corrected chi connectivity index (χ3v) is 4.89. The minimum Gasteiger partial charge on any atom is -0.317 e. The van der Waals surface area contributed by atoms with E-state index in [1.54, 1.807) is 0 Å². The number of hydrogen-bond acceptors (Lipinski definition) is 2. The average molecular weight is 224 g/mol. The van der Waals surface area contributed by atoms with Crippen molar-refractivity contribution in [2.45, 2.75) is 57.0 Å². The summed E-state index contributed by atoms with van der Waals surface area (Å²) in [4.78, 5) is 2.51. The van der Waals surface area contributed by atoms with Gasteiger partial charge in [-0.1, -0.05) is 6.42 Å². The van der Waals surface area contributed by atoms with E-state index < -0.39 is 0 Å². The Morgan fingerprint density at radius 2 is 1.50 bits per heavy atom. The minimum absolute atomic E-state index is 0.792. The molecule has 0 amide bonds. The Kier molecular flexibility index (Phi) is 4.26. The van der Waals surface area contributed by atoms with E-state index in [4.69, 9.17) is 0 Å². The maximum Gasteiger partial charge on any atom is 0.0146 e. The quantitative estimate of drug-likeness (QED) is 0.789. The predicted molar refractivity (Wildman–Crippen MR) is 69.6 cm³/mol. The zero-order valence-corrected chi connectivity index (χ0v) is 11.2. The normalized spacial score (nSPS) is 33.8. The first-order valence-electron chi connectivity index (χ1n) is 7.06. The fourth-order valence-electron chi connectivity index (χ4n) is 3.76. The number of rotatable bonds is 4. The molecule has 1 N–H and O–H groups in total. The maximum atomic E-state index is 3.44. The van der Waals surface area contributed by atoms with Crippen molar-refractivity contribution < 1.29 is 0 Å². The number of hydrogen-bond donors (Lipinski definition) is 1. The standard InChI is InChI=1S/C14H28N2/c1-15-13-9-7-12(8-10-13)14(16(2)3)11-5-4-6-11/h11-15H,4-10H2,1-3H3. The van der Waals surface area contributed by atoms with Crippen LogP contribution in [0.5, 0.6) is 0 Å². The van der Waals surface area contributed by atoms with Crippen molar-refractivity contribution in [2.24, 2.45) is 11.8 Å². The molecule has 2 aliphatic carbocycles. The summed E-state index contributed by atoms with van der Waals surface area (Å²) >= 11 is 0. The van der Waals surface area contributed by atoms with E-state index in [0.717, 1.165) is 23.9 Å². The summed E-state index contributed by atoms with van der Waals surface area (Å²) in [6.45, 7) is 0. The predicted octanol–water partition coefficient (Wildman–Crippen LogP) is 2.49. The van der Waals surface area contributed by atoms with Crippen LogP contribution < -0.4 is 5.32 Å². The van der Waals surface area contributed by atoms with Crippen LogP contribution in [0.25, 0.3) is 0 Å². The molecule has 94 valence electrons. The van der Waals surface area contributed by atoms with Gasteiger partial charge in [0.2, 0.25) is 0 Å². The molecule has 2 heteroatoms. The van der Waals surface area contributed by atoms with Crippen molar-refractivity contribution in [2.75, 3.05) is 21.1 Å². The second-order valence-electron chi connectivity index (χ2n) is 6.05. The highest BCUT2D eigenvalue weighted by atomic mass is 15.1. The van der Waals surface area contributed by atoms with E-state index >= 15 is 0 Å². The molecule has 0 radical (unpaired) electrons. The van der Waals surface area contributed by atoms with Crippen LogP contribution in [-0.4, -0.2) is 38.1 Å². The Morgan fingerprint density at radius 3 is 1.88 bits per heavy atom. The smallest absolute Gasteiger partial charge is 0.0146 e. The van der Waals surface area contributed by atoms with Gasteiger partial charge in [-0.2, -0.15) is 0 Å². The first-order valence-corrected chi connectivity index (χ1v) is 7.06. The second kappa shape index (κ2) is 5.50. The highest BCUT2D eigenvalue weighted by Gasteiger charge is 2.36. The van der Waals surface area contributed by atoms with Gasteiger partial charge in [-0.15, -0.1) is 0 Å². The van der Waals surface area contributed by atoms with Crippen molar-refractivity contribution in [3.05, 3.63) is 0 Å². The van der Waals surface area contributed by atoms with Crippen LogP contribution in [0.2, 0.25) is 0 Å². The van der Waals surface area contributed by atoms with Crippen molar-refractivity contribution in [1.82, 2.24) is 10.2 Å². The Morgan fingerprint density at radius 1 is 0.938 bits per heavy atom. The van der Waals surface area contributed by atoms with Crippen LogP contribution in [-0.2, 0) is 0 Å². The molecular weight excluding hydrogens is 196 g/mol.